The van der Waals surface area contributed by atoms with Crippen molar-refractivity contribution in [2.45, 2.75) is 37.8 Å². The maximum Gasteiger partial charge on any atom is 0.252 e. The molecule has 2 heterocycles. The number of primary amides is 1. The number of amides is 1. The van der Waals surface area contributed by atoms with Gasteiger partial charge in [0, 0.05) is 17.5 Å². The second kappa shape index (κ2) is 7.43. The number of anilines is 3. The van der Waals surface area contributed by atoms with Gasteiger partial charge >= 0.3 is 0 Å². The van der Waals surface area contributed by atoms with Crippen molar-refractivity contribution in [3.8, 4) is 0 Å². The Morgan fingerprint density at radius 2 is 2.07 bits per heavy atom. The zero-order valence-electron chi connectivity index (χ0n) is 15.2. The van der Waals surface area contributed by atoms with Crippen LogP contribution in [-0.2, 0) is 0 Å². The normalized spacial score (nSPS) is 19.5. The van der Waals surface area contributed by atoms with Crippen molar-refractivity contribution in [2.75, 3.05) is 10.6 Å². The van der Waals surface area contributed by atoms with Gasteiger partial charge in [-0.1, -0.05) is 18.9 Å². The summed E-state index contributed by atoms with van der Waals surface area (Å²) < 4.78 is 14.6. The number of nitrogens with one attached hydrogen (secondary N) is 3. The zero-order valence-corrected chi connectivity index (χ0v) is 15.2. The molecule has 146 valence electrons. The number of carbonyl (C=O) groups excluding carboxylic acids is 1. The molecule has 0 radical (unpaired) electrons. The van der Waals surface area contributed by atoms with Crippen molar-refractivity contribution in [3.63, 3.8) is 0 Å². The van der Waals surface area contributed by atoms with Crippen molar-refractivity contribution in [1.29, 1.82) is 0 Å². The molecule has 0 bridgehead atoms. The Bertz CT molecular complexity index is 1020. The highest BCUT2D eigenvalue weighted by atomic mass is 19.1. The van der Waals surface area contributed by atoms with Crippen LogP contribution in [0.3, 0.4) is 0 Å². The van der Waals surface area contributed by atoms with Gasteiger partial charge in [0.1, 0.15) is 5.82 Å². The topological polar surface area (TPSA) is 135 Å². The first-order chi connectivity index (χ1) is 13.5. The van der Waals surface area contributed by atoms with Gasteiger partial charge in [0.15, 0.2) is 11.6 Å². The van der Waals surface area contributed by atoms with Crippen LogP contribution in [0.4, 0.5) is 21.7 Å². The highest BCUT2D eigenvalue weighted by Crippen LogP contribution is 2.29. The molecule has 1 saturated carbocycles. The number of fused-ring (bicyclic) bond motifs is 1. The molecule has 0 saturated heterocycles. The molecule has 28 heavy (non-hydrogen) atoms. The van der Waals surface area contributed by atoms with Crippen molar-refractivity contribution in [1.82, 2.24) is 15.2 Å². The summed E-state index contributed by atoms with van der Waals surface area (Å²) in [6, 6.07) is 6.48. The second-order valence-corrected chi connectivity index (χ2v) is 7.04. The average Bonchev–Trinajstić information content (AvgIpc) is 3.15. The van der Waals surface area contributed by atoms with E-state index in [1.54, 1.807) is 6.20 Å². The molecule has 3 aromatic rings. The molecule has 2 aromatic heterocycles. The Balaban J connectivity index is 1.70. The number of hydrogen-bond donors (Lipinski definition) is 5. The number of carbonyl (C=O) groups is 1. The third-order valence-corrected chi connectivity index (χ3v) is 5.12. The minimum Gasteiger partial charge on any atom is -0.365 e. The summed E-state index contributed by atoms with van der Waals surface area (Å²) in [7, 11) is 0. The van der Waals surface area contributed by atoms with E-state index in [0.29, 0.717) is 5.69 Å². The zero-order chi connectivity index (χ0) is 19.7. The first-order valence-electron chi connectivity index (χ1n) is 9.24. The van der Waals surface area contributed by atoms with Crippen LogP contribution in [0.5, 0.6) is 0 Å². The fraction of sp³-hybridized carbons (Fsp3) is 0.316. The third kappa shape index (κ3) is 3.48. The van der Waals surface area contributed by atoms with E-state index in [-0.39, 0.29) is 29.3 Å². The van der Waals surface area contributed by atoms with Gasteiger partial charge in [-0.3, -0.25) is 9.89 Å². The van der Waals surface area contributed by atoms with Crippen molar-refractivity contribution in [2.24, 2.45) is 11.5 Å². The Morgan fingerprint density at radius 1 is 1.25 bits per heavy atom. The number of benzene rings is 1. The van der Waals surface area contributed by atoms with E-state index < -0.39 is 11.7 Å². The number of nitrogens with two attached hydrogens (primary N) is 2. The summed E-state index contributed by atoms with van der Waals surface area (Å²) >= 11 is 0. The van der Waals surface area contributed by atoms with E-state index in [2.05, 4.69) is 25.8 Å². The number of nitrogens with zero attached hydrogens (tertiary/aromatic N) is 2. The van der Waals surface area contributed by atoms with Gasteiger partial charge in [0.05, 0.1) is 23.0 Å². The second-order valence-electron chi connectivity index (χ2n) is 7.04. The molecule has 1 fully saturated rings. The van der Waals surface area contributed by atoms with Crippen LogP contribution < -0.4 is 22.1 Å². The van der Waals surface area contributed by atoms with Gasteiger partial charge in [0.25, 0.3) is 5.91 Å². The van der Waals surface area contributed by atoms with Crippen LogP contribution in [0.25, 0.3) is 10.9 Å². The van der Waals surface area contributed by atoms with E-state index in [0.717, 1.165) is 42.7 Å². The summed E-state index contributed by atoms with van der Waals surface area (Å²) in [5.41, 5.74) is 13.1. The van der Waals surface area contributed by atoms with Crippen LogP contribution in [0.1, 0.15) is 36.0 Å². The van der Waals surface area contributed by atoms with Crippen molar-refractivity contribution < 1.29 is 9.18 Å². The Labute approximate surface area is 160 Å². The molecule has 2 atom stereocenters. The fourth-order valence-electron chi connectivity index (χ4n) is 3.59. The molecular formula is C19H22FN7O. The number of aromatic nitrogens is 3. The lowest BCUT2D eigenvalue weighted by molar-refractivity contribution is 0.100. The van der Waals surface area contributed by atoms with E-state index in [1.807, 2.05) is 18.2 Å². The number of halogens is 1. The van der Waals surface area contributed by atoms with Crippen molar-refractivity contribution >= 4 is 34.1 Å². The highest BCUT2D eigenvalue weighted by Gasteiger charge is 2.24. The molecule has 1 aliphatic carbocycles. The van der Waals surface area contributed by atoms with E-state index in [9.17, 15) is 9.18 Å². The molecule has 0 spiro atoms. The molecule has 4 rings (SSSR count). The third-order valence-electron chi connectivity index (χ3n) is 5.12. The van der Waals surface area contributed by atoms with Gasteiger partial charge in [-0.15, -0.1) is 0 Å². The maximum atomic E-state index is 14.6. The number of H-pyrrole nitrogens is 1. The molecule has 1 amide bonds. The van der Waals surface area contributed by atoms with E-state index >= 15 is 0 Å². The largest absolute Gasteiger partial charge is 0.365 e. The number of pyridine rings is 1. The van der Waals surface area contributed by atoms with Gasteiger partial charge in [-0.25, -0.2) is 9.37 Å². The SMILES string of the molecule is NC(=O)c1cc(F)c(N[C@@H]2CCCC[C@@H]2N)nc1Nc1cccc2[nH]ncc12. The number of aromatic amines is 1. The predicted octanol–water partition coefficient (Wildman–Crippen LogP) is 2.62. The summed E-state index contributed by atoms with van der Waals surface area (Å²) in [5.74, 6) is -1.18. The van der Waals surface area contributed by atoms with E-state index in [4.69, 9.17) is 11.5 Å². The summed E-state index contributed by atoms with van der Waals surface area (Å²) in [5, 5.41) is 13.9. The molecule has 0 unspecified atom stereocenters. The molecule has 1 aromatic carbocycles. The number of rotatable bonds is 5. The molecule has 9 heteroatoms. The van der Waals surface area contributed by atoms with Gasteiger partial charge in [-0.05, 0) is 31.0 Å². The van der Waals surface area contributed by atoms with Crippen LogP contribution in [0.15, 0.2) is 30.5 Å². The first kappa shape index (κ1) is 18.2. The quantitative estimate of drug-likeness (QED) is 0.460. The van der Waals surface area contributed by atoms with Crippen molar-refractivity contribution in [3.05, 3.63) is 41.8 Å². The molecular weight excluding hydrogens is 361 g/mol. The Hall–Kier alpha value is -3.20. The minimum absolute atomic E-state index is 0.0310. The van der Waals surface area contributed by atoms with Crippen LogP contribution in [0, 0.1) is 5.82 Å². The average molecular weight is 383 g/mol. The lowest BCUT2D eigenvalue weighted by Crippen LogP contribution is -2.43. The van der Waals surface area contributed by atoms with E-state index in [1.165, 1.54) is 0 Å². The standard InChI is InChI=1S/C19H22FN7O/c20-12-8-10(17(22)28)18(24-14-6-3-7-15-11(14)9-23-27-15)26-19(12)25-16-5-2-1-4-13(16)21/h3,6-9,13,16H,1-2,4-5,21H2,(H2,22,28)(H,23,27)(H2,24,25,26)/t13-,16+/m0/s1. The Morgan fingerprint density at radius 3 is 2.86 bits per heavy atom. The van der Waals surface area contributed by atoms with Gasteiger partial charge in [0.2, 0.25) is 0 Å². The number of hydrogen-bond acceptors (Lipinski definition) is 6. The van der Waals surface area contributed by atoms with Crippen LogP contribution in [-0.4, -0.2) is 33.2 Å². The fourth-order valence-corrected chi connectivity index (χ4v) is 3.59. The smallest absolute Gasteiger partial charge is 0.252 e. The molecule has 8 nitrogen and oxygen atoms in total. The van der Waals surface area contributed by atoms with Gasteiger partial charge < -0.3 is 22.1 Å². The lowest BCUT2D eigenvalue weighted by Gasteiger charge is -2.30. The minimum atomic E-state index is -0.769. The maximum absolute atomic E-state index is 14.6. The highest BCUT2D eigenvalue weighted by molar-refractivity contribution is 6.00. The molecule has 1 aliphatic rings. The molecule has 7 N–H and O–H groups in total. The summed E-state index contributed by atoms with van der Waals surface area (Å²) in [6.45, 7) is 0. The van der Waals surface area contributed by atoms with Crippen LogP contribution in [0.2, 0.25) is 0 Å². The first-order valence-corrected chi connectivity index (χ1v) is 9.24. The monoisotopic (exact) mass is 383 g/mol. The van der Waals surface area contributed by atoms with Gasteiger partial charge in [-0.2, -0.15) is 5.10 Å². The summed E-state index contributed by atoms with van der Waals surface area (Å²) in [4.78, 5) is 16.2. The molecule has 0 aliphatic heterocycles. The van der Waals surface area contributed by atoms with Crippen LogP contribution >= 0.6 is 0 Å². The summed E-state index contributed by atoms with van der Waals surface area (Å²) in [6.07, 6.45) is 5.48. The lowest BCUT2D eigenvalue weighted by atomic mass is 9.91. The predicted molar refractivity (Wildman–Crippen MR) is 106 cm³/mol. The Kier molecular flexibility index (Phi) is 4.82.